The van der Waals surface area contributed by atoms with Crippen molar-refractivity contribution in [1.29, 1.82) is 0 Å². The first kappa shape index (κ1) is 8.61. The minimum Gasteiger partial charge on any atom is -0.503 e. The summed E-state index contributed by atoms with van der Waals surface area (Å²) in [6, 6.07) is 0.879. The molecule has 12 heavy (non-hydrogen) atoms. The summed E-state index contributed by atoms with van der Waals surface area (Å²) in [4.78, 5) is 22.9. The number of aromatic hydroxyl groups is 1. The number of halogens is 1. The number of aromatic nitrogens is 1. The van der Waals surface area contributed by atoms with Crippen molar-refractivity contribution in [1.82, 2.24) is 4.98 Å². The molecule has 0 fully saturated rings. The average Bonchev–Trinajstić information content (AvgIpc) is 1.96. The van der Waals surface area contributed by atoms with E-state index in [0.717, 1.165) is 6.07 Å². The van der Waals surface area contributed by atoms with Crippen molar-refractivity contribution >= 4 is 17.6 Å². The molecular weight excluding hydrogens is 186 g/mol. The number of carboxylic acids is 1. The third-order valence-corrected chi connectivity index (χ3v) is 1.49. The largest absolute Gasteiger partial charge is 0.503 e. The molecule has 64 valence electrons. The van der Waals surface area contributed by atoms with Crippen LogP contribution in [0.3, 0.4) is 0 Å². The maximum Gasteiger partial charge on any atom is 0.353 e. The second kappa shape index (κ2) is 2.86. The van der Waals surface area contributed by atoms with Crippen LogP contribution in [0.4, 0.5) is 0 Å². The van der Waals surface area contributed by atoms with E-state index in [9.17, 15) is 9.59 Å². The highest BCUT2D eigenvalue weighted by Gasteiger charge is 2.11. The van der Waals surface area contributed by atoms with Gasteiger partial charge in [0.2, 0.25) is 0 Å². The molecule has 0 aliphatic heterocycles. The van der Waals surface area contributed by atoms with Crippen LogP contribution < -0.4 is 5.56 Å². The van der Waals surface area contributed by atoms with Gasteiger partial charge < -0.3 is 15.2 Å². The van der Waals surface area contributed by atoms with Gasteiger partial charge in [0, 0.05) is 6.07 Å². The van der Waals surface area contributed by atoms with E-state index in [-0.39, 0.29) is 5.02 Å². The van der Waals surface area contributed by atoms with Gasteiger partial charge in [0.25, 0.3) is 5.56 Å². The highest BCUT2D eigenvalue weighted by molar-refractivity contribution is 6.33. The Bertz CT molecular complexity index is 384. The van der Waals surface area contributed by atoms with Crippen LogP contribution in [0, 0.1) is 0 Å². The second-order valence-corrected chi connectivity index (χ2v) is 2.42. The van der Waals surface area contributed by atoms with Gasteiger partial charge in [-0.15, -0.1) is 0 Å². The Labute approximate surface area is 71.2 Å². The summed E-state index contributed by atoms with van der Waals surface area (Å²) in [5.74, 6) is -1.96. The summed E-state index contributed by atoms with van der Waals surface area (Å²) in [6.07, 6.45) is 0. The van der Waals surface area contributed by atoms with Crippen LogP contribution in [0.2, 0.25) is 5.02 Å². The summed E-state index contributed by atoms with van der Waals surface area (Å²) in [6.45, 7) is 0. The van der Waals surface area contributed by atoms with E-state index >= 15 is 0 Å². The van der Waals surface area contributed by atoms with E-state index in [1.807, 2.05) is 4.98 Å². The van der Waals surface area contributed by atoms with Gasteiger partial charge in [0.15, 0.2) is 5.75 Å². The number of rotatable bonds is 1. The van der Waals surface area contributed by atoms with Crippen LogP contribution in [0.15, 0.2) is 10.9 Å². The van der Waals surface area contributed by atoms with E-state index in [1.165, 1.54) is 0 Å². The van der Waals surface area contributed by atoms with Crippen molar-refractivity contribution in [3.05, 3.63) is 27.1 Å². The molecule has 0 radical (unpaired) electrons. The number of hydrogen-bond donors (Lipinski definition) is 3. The van der Waals surface area contributed by atoms with Gasteiger partial charge in [-0.25, -0.2) is 4.79 Å². The first-order valence-electron chi connectivity index (χ1n) is 2.87. The average molecular weight is 190 g/mol. The molecule has 1 heterocycles. The molecule has 5 nitrogen and oxygen atoms in total. The van der Waals surface area contributed by atoms with Crippen molar-refractivity contribution in [2.75, 3.05) is 0 Å². The van der Waals surface area contributed by atoms with Crippen molar-refractivity contribution in [2.24, 2.45) is 0 Å². The minimum atomic E-state index is -1.35. The number of carbonyl (C=O) groups is 1. The lowest BCUT2D eigenvalue weighted by atomic mass is 10.3. The van der Waals surface area contributed by atoms with Gasteiger partial charge in [-0.3, -0.25) is 4.79 Å². The third kappa shape index (κ3) is 1.40. The highest BCUT2D eigenvalue weighted by atomic mass is 35.5. The van der Waals surface area contributed by atoms with Crippen molar-refractivity contribution in [3.8, 4) is 5.75 Å². The molecule has 3 N–H and O–H groups in total. The lowest BCUT2D eigenvalue weighted by Crippen LogP contribution is -2.12. The zero-order valence-electron chi connectivity index (χ0n) is 5.67. The normalized spacial score (nSPS) is 9.75. The molecule has 0 saturated carbocycles. The molecule has 0 amide bonds. The fourth-order valence-corrected chi connectivity index (χ4v) is 0.882. The van der Waals surface area contributed by atoms with Crippen LogP contribution in [0.25, 0.3) is 0 Å². The third-order valence-electron chi connectivity index (χ3n) is 1.19. The number of hydrogen-bond acceptors (Lipinski definition) is 3. The number of carboxylic acid groups (broad SMARTS) is 1. The molecule has 6 heteroatoms. The number of aromatic carboxylic acids is 1. The summed E-state index contributed by atoms with van der Waals surface area (Å²) in [5.41, 5.74) is -1.31. The molecule has 0 atom stereocenters. The van der Waals surface area contributed by atoms with E-state index < -0.39 is 23.0 Å². The van der Waals surface area contributed by atoms with Crippen LogP contribution in [-0.4, -0.2) is 21.2 Å². The molecule has 0 spiro atoms. The summed E-state index contributed by atoms with van der Waals surface area (Å²) in [7, 11) is 0. The monoisotopic (exact) mass is 189 g/mol. The lowest BCUT2D eigenvalue weighted by molar-refractivity contribution is 0.0690. The molecule has 0 aliphatic carbocycles. The van der Waals surface area contributed by atoms with Crippen molar-refractivity contribution in [2.45, 2.75) is 0 Å². The van der Waals surface area contributed by atoms with Crippen LogP contribution in [0.1, 0.15) is 10.5 Å². The lowest BCUT2D eigenvalue weighted by Gasteiger charge is -1.97. The molecule has 1 aromatic rings. The Morgan fingerprint density at radius 2 is 2.17 bits per heavy atom. The summed E-state index contributed by atoms with van der Waals surface area (Å²) >= 11 is 5.39. The second-order valence-electron chi connectivity index (χ2n) is 2.01. The molecule has 0 saturated heterocycles. The predicted molar refractivity (Wildman–Crippen MR) is 40.7 cm³/mol. The van der Waals surface area contributed by atoms with Gasteiger partial charge in [0.05, 0.1) is 5.02 Å². The Hall–Kier alpha value is -1.49. The van der Waals surface area contributed by atoms with Gasteiger partial charge in [-0.05, 0) is 0 Å². The first-order valence-corrected chi connectivity index (χ1v) is 3.25. The van der Waals surface area contributed by atoms with Gasteiger partial charge >= 0.3 is 5.97 Å². The van der Waals surface area contributed by atoms with Gasteiger partial charge in [-0.2, -0.15) is 0 Å². The van der Waals surface area contributed by atoms with Crippen molar-refractivity contribution < 1.29 is 15.0 Å². The fraction of sp³-hybridized carbons (Fsp3) is 0. The van der Waals surface area contributed by atoms with E-state index in [4.69, 9.17) is 21.8 Å². The molecule has 1 aromatic heterocycles. The fourth-order valence-electron chi connectivity index (χ4n) is 0.651. The SMILES string of the molecule is O=C(O)c1[nH]c(=O)c(O)cc1Cl. The topological polar surface area (TPSA) is 90.4 Å². The molecule has 0 aliphatic rings. The van der Waals surface area contributed by atoms with Gasteiger partial charge in [-0.1, -0.05) is 11.6 Å². The standard InChI is InChI=1S/C6H4ClNO4/c7-2-1-3(9)5(10)8-4(2)6(11)12/h1,9H,(H,8,10)(H,11,12). The van der Waals surface area contributed by atoms with Gasteiger partial charge in [0.1, 0.15) is 5.69 Å². The Kier molecular flexibility index (Phi) is 2.05. The number of aromatic amines is 1. The van der Waals surface area contributed by atoms with Crippen molar-refractivity contribution in [3.63, 3.8) is 0 Å². The zero-order chi connectivity index (χ0) is 9.30. The highest BCUT2D eigenvalue weighted by Crippen LogP contribution is 2.15. The molecule has 0 aromatic carbocycles. The quantitative estimate of drug-likeness (QED) is 0.598. The smallest absolute Gasteiger partial charge is 0.353 e. The molecule has 0 unspecified atom stereocenters. The van der Waals surface area contributed by atoms with E-state index in [1.54, 1.807) is 0 Å². The zero-order valence-corrected chi connectivity index (χ0v) is 6.42. The van der Waals surface area contributed by atoms with E-state index in [0.29, 0.717) is 0 Å². The first-order chi connectivity index (χ1) is 5.52. The summed E-state index contributed by atoms with van der Waals surface area (Å²) in [5, 5.41) is 17.0. The number of pyridine rings is 1. The Morgan fingerprint density at radius 3 is 2.67 bits per heavy atom. The predicted octanol–water partition coefficient (Wildman–Crippen LogP) is 0.432. The molecule has 0 bridgehead atoms. The Balaban J connectivity index is 3.43. The van der Waals surface area contributed by atoms with E-state index in [2.05, 4.69) is 0 Å². The number of nitrogens with one attached hydrogen (secondary N) is 1. The van der Waals surface area contributed by atoms with Crippen LogP contribution in [0.5, 0.6) is 5.75 Å². The van der Waals surface area contributed by atoms with Crippen LogP contribution in [-0.2, 0) is 0 Å². The van der Waals surface area contributed by atoms with Crippen LogP contribution >= 0.6 is 11.6 Å². The molecular formula is C6H4ClNO4. The maximum atomic E-state index is 10.7. The Morgan fingerprint density at radius 1 is 1.58 bits per heavy atom. The number of H-pyrrole nitrogens is 1. The summed E-state index contributed by atoms with van der Waals surface area (Å²) < 4.78 is 0. The minimum absolute atomic E-state index is 0.209. The maximum absolute atomic E-state index is 10.7. The molecule has 1 rings (SSSR count).